The molecule has 168 valence electrons. The van der Waals surface area contributed by atoms with E-state index >= 15 is 0 Å². The van der Waals surface area contributed by atoms with Crippen LogP contribution in [0.2, 0.25) is 0 Å². The Morgan fingerprint density at radius 3 is 2.79 bits per heavy atom. The molecule has 1 unspecified atom stereocenters. The van der Waals surface area contributed by atoms with Gasteiger partial charge in [0.1, 0.15) is 0 Å². The fourth-order valence-electron chi connectivity index (χ4n) is 4.23. The molecule has 1 saturated heterocycles. The van der Waals surface area contributed by atoms with Crippen LogP contribution in [0.15, 0.2) is 48.8 Å². The quantitative estimate of drug-likeness (QED) is 0.503. The maximum absolute atomic E-state index is 14.1. The molecule has 0 saturated carbocycles. The van der Waals surface area contributed by atoms with Crippen LogP contribution < -0.4 is 4.74 Å². The first-order valence-corrected chi connectivity index (χ1v) is 10.6. The number of aryl methyl sites for hydroxylation is 1. The van der Waals surface area contributed by atoms with E-state index in [1.54, 1.807) is 35.5 Å². The predicted octanol–water partition coefficient (Wildman–Crippen LogP) is 3.49. The Kier molecular flexibility index (Phi) is 5.33. The number of hydrogen-bond donors (Lipinski definition) is 1. The molecule has 10 heteroatoms. The van der Waals surface area contributed by atoms with E-state index in [4.69, 9.17) is 4.74 Å². The number of likely N-dealkylation sites (tertiary alicyclic amines) is 1. The van der Waals surface area contributed by atoms with Crippen LogP contribution in [-0.2, 0) is 0 Å². The van der Waals surface area contributed by atoms with Crippen LogP contribution in [0.3, 0.4) is 0 Å². The highest BCUT2D eigenvalue weighted by molar-refractivity contribution is 5.98. The Balaban J connectivity index is 1.47. The molecule has 9 nitrogen and oxygen atoms in total. The van der Waals surface area contributed by atoms with Crippen molar-refractivity contribution in [1.82, 2.24) is 35.1 Å². The fraction of sp³-hybridized carbons (Fsp3) is 0.261. The summed E-state index contributed by atoms with van der Waals surface area (Å²) in [6.07, 6.45) is 4.72. The number of carbonyl (C=O) groups excluding carboxylic acids is 1. The van der Waals surface area contributed by atoms with Crippen LogP contribution in [0.4, 0.5) is 4.39 Å². The number of carbonyl (C=O) groups is 1. The number of methoxy groups -OCH3 is 1. The topological polar surface area (TPSA) is 102 Å². The Morgan fingerprint density at radius 2 is 2.00 bits per heavy atom. The van der Waals surface area contributed by atoms with Crippen molar-refractivity contribution >= 4 is 5.91 Å². The van der Waals surface area contributed by atoms with Gasteiger partial charge in [0.05, 0.1) is 42.4 Å². The summed E-state index contributed by atoms with van der Waals surface area (Å²) in [5.74, 6) is 0.414. The second-order valence-electron chi connectivity index (χ2n) is 7.88. The van der Waals surface area contributed by atoms with Gasteiger partial charge in [0.25, 0.3) is 5.91 Å². The van der Waals surface area contributed by atoms with Crippen molar-refractivity contribution in [3.05, 3.63) is 71.6 Å². The van der Waals surface area contributed by atoms with Gasteiger partial charge in [-0.3, -0.25) is 4.79 Å². The predicted molar refractivity (Wildman–Crippen MR) is 117 cm³/mol. The molecule has 1 fully saturated rings. The maximum Gasteiger partial charge on any atom is 0.256 e. The maximum atomic E-state index is 14.1. The molecule has 0 aliphatic carbocycles. The van der Waals surface area contributed by atoms with Gasteiger partial charge in [-0.2, -0.15) is 15.0 Å². The number of aromatic amines is 1. The lowest BCUT2D eigenvalue weighted by atomic mass is 10.1. The molecule has 5 rings (SSSR count). The van der Waals surface area contributed by atoms with Crippen molar-refractivity contribution in [2.45, 2.75) is 25.8 Å². The number of benzene rings is 2. The molecule has 33 heavy (non-hydrogen) atoms. The Bertz CT molecular complexity index is 1300. The fourth-order valence-corrected chi connectivity index (χ4v) is 4.23. The number of H-pyrrole nitrogens is 1. The highest BCUT2D eigenvalue weighted by Crippen LogP contribution is 2.35. The Hall–Kier alpha value is -4.08. The van der Waals surface area contributed by atoms with Crippen molar-refractivity contribution < 1.29 is 13.9 Å². The Morgan fingerprint density at radius 1 is 1.18 bits per heavy atom. The molecule has 2 aromatic heterocycles. The van der Waals surface area contributed by atoms with E-state index in [2.05, 4.69) is 25.4 Å². The third-order valence-corrected chi connectivity index (χ3v) is 5.78. The highest BCUT2D eigenvalue weighted by atomic mass is 19.1. The third kappa shape index (κ3) is 3.73. The van der Waals surface area contributed by atoms with Gasteiger partial charge in [-0.25, -0.2) is 4.39 Å². The normalized spacial score (nSPS) is 15.7. The summed E-state index contributed by atoms with van der Waals surface area (Å²) in [5, 5.41) is 16.9. The lowest BCUT2D eigenvalue weighted by Gasteiger charge is -2.24. The molecule has 4 aromatic rings. The van der Waals surface area contributed by atoms with Crippen LogP contribution in [0, 0.1) is 12.7 Å². The average Bonchev–Trinajstić information content (AvgIpc) is 3.60. The molecular formula is C23H22FN7O2. The monoisotopic (exact) mass is 447 g/mol. The molecule has 1 N–H and O–H groups in total. The van der Waals surface area contributed by atoms with Crippen molar-refractivity contribution in [2.75, 3.05) is 13.7 Å². The minimum absolute atomic E-state index is 0.0931. The Labute approximate surface area is 189 Å². The number of hydrogen-bond acceptors (Lipinski definition) is 6. The molecule has 0 bridgehead atoms. The van der Waals surface area contributed by atoms with Gasteiger partial charge in [-0.1, -0.05) is 12.1 Å². The first kappa shape index (κ1) is 20.8. The van der Waals surface area contributed by atoms with Gasteiger partial charge in [0, 0.05) is 6.54 Å². The number of para-hydroxylation sites is 1. The molecule has 0 spiro atoms. The van der Waals surface area contributed by atoms with Crippen molar-refractivity contribution in [3.8, 4) is 22.8 Å². The van der Waals surface area contributed by atoms with E-state index in [0.717, 1.165) is 18.4 Å². The molecular weight excluding hydrogens is 425 g/mol. The lowest BCUT2D eigenvalue weighted by Crippen LogP contribution is -2.32. The second kappa shape index (κ2) is 8.45. The van der Waals surface area contributed by atoms with Crippen LogP contribution in [-0.4, -0.2) is 54.6 Å². The standard InChI is InChI=1S/C23H22FN7O2/c1-14-8-9-15(19(13-14)31-25-10-11-26-31)23(32)30-12-4-7-18(30)22-27-21(28-29-22)16-5-3-6-17(24)20(16)33-2/h3,5-6,8-11,13,18H,4,7,12H2,1-2H3,(H,27,28,29). The van der Waals surface area contributed by atoms with E-state index in [0.29, 0.717) is 35.0 Å². The zero-order valence-electron chi connectivity index (χ0n) is 18.2. The van der Waals surface area contributed by atoms with Gasteiger partial charge >= 0.3 is 0 Å². The van der Waals surface area contributed by atoms with Crippen LogP contribution in [0.1, 0.15) is 40.6 Å². The van der Waals surface area contributed by atoms with Gasteiger partial charge in [-0.15, -0.1) is 10.2 Å². The summed E-state index contributed by atoms with van der Waals surface area (Å²) in [7, 11) is 1.41. The number of nitrogens with one attached hydrogen (secondary N) is 1. The lowest BCUT2D eigenvalue weighted by molar-refractivity contribution is 0.0729. The number of aromatic nitrogens is 6. The minimum Gasteiger partial charge on any atom is -0.493 e. The van der Waals surface area contributed by atoms with Gasteiger partial charge < -0.3 is 14.6 Å². The number of ether oxygens (including phenoxy) is 1. The van der Waals surface area contributed by atoms with Crippen LogP contribution in [0.25, 0.3) is 17.1 Å². The van der Waals surface area contributed by atoms with E-state index in [9.17, 15) is 9.18 Å². The van der Waals surface area contributed by atoms with Crippen molar-refractivity contribution in [1.29, 1.82) is 0 Å². The zero-order valence-corrected chi connectivity index (χ0v) is 18.2. The minimum atomic E-state index is -0.482. The van der Waals surface area contributed by atoms with Crippen molar-refractivity contribution in [3.63, 3.8) is 0 Å². The average molecular weight is 447 g/mol. The summed E-state index contributed by atoms with van der Waals surface area (Å²) < 4.78 is 19.3. The number of rotatable bonds is 5. The molecule has 3 heterocycles. The van der Waals surface area contributed by atoms with Crippen molar-refractivity contribution in [2.24, 2.45) is 0 Å². The SMILES string of the molecule is COc1c(F)cccc1-c1nnc(C2CCCN2C(=O)c2ccc(C)cc2-n2nccn2)[nH]1. The van der Waals surface area contributed by atoms with E-state index in [1.165, 1.54) is 18.0 Å². The van der Waals surface area contributed by atoms with E-state index in [-0.39, 0.29) is 17.7 Å². The van der Waals surface area contributed by atoms with E-state index in [1.807, 2.05) is 19.1 Å². The summed E-state index contributed by atoms with van der Waals surface area (Å²) in [6, 6.07) is 9.93. The number of amides is 1. The van der Waals surface area contributed by atoms with Gasteiger partial charge in [0.15, 0.2) is 23.2 Å². The number of nitrogens with zero attached hydrogens (tertiary/aromatic N) is 6. The molecule has 1 aliphatic heterocycles. The van der Waals surface area contributed by atoms with E-state index < -0.39 is 5.82 Å². The molecule has 1 aliphatic rings. The number of halogens is 1. The first-order chi connectivity index (χ1) is 16.1. The second-order valence-corrected chi connectivity index (χ2v) is 7.88. The summed E-state index contributed by atoms with van der Waals surface area (Å²) >= 11 is 0. The largest absolute Gasteiger partial charge is 0.493 e. The summed E-state index contributed by atoms with van der Waals surface area (Å²) in [4.78, 5) is 20.0. The van der Waals surface area contributed by atoms with Crippen LogP contribution >= 0.6 is 0 Å². The smallest absolute Gasteiger partial charge is 0.256 e. The summed E-state index contributed by atoms with van der Waals surface area (Å²) in [5.41, 5.74) is 2.60. The van der Waals surface area contributed by atoms with Crippen LogP contribution in [0.5, 0.6) is 5.75 Å². The molecule has 1 amide bonds. The van der Waals surface area contributed by atoms with Gasteiger partial charge in [0.2, 0.25) is 0 Å². The first-order valence-electron chi connectivity index (χ1n) is 10.6. The zero-order chi connectivity index (χ0) is 22.9. The summed E-state index contributed by atoms with van der Waals surface area (Å²) in [6.45, 7) is 2.54. The highest BCUT2D eigenvalue weighted by Gasteiger charge is 2.34. The molecule has 1 atom stereocenters. The third-order valence-electron chi connectivity index (χ3n) is 5.78. The van der Waals surface area contributed by atoms with Gasteiger partial charge in [-0.05, 0) is 49.6 Å². The molecule has 2 aromatic carbocycles. The molecule has 0 radical (unpaired) electrons.